The van der Waals surface area contributed by atoms with Gasteiger partial charge >= 0.3 is 0 Å². The van der Waals surface area contributed by atoms with Crippen LogP contribution in [0.1, 0.15) is 55.2 Å². The average molecular weight is 287 g/mol. The quantitative estimate of drug-likeness (QED) is 0.742. The van der Waals surface area contributed by atoms with Crippen molar-refractivity contribution in [2.75, 3.05) is 6.54 Å². The minimum atomic E-state index is 0.426. The summed E-state index contributed by atoms with van der Waals surface area (Å²) in [6.07, 6.45) is 2.25. The fraction of sp³-hybridized carbons (Fsp3) is 0.444. The monoisotopic (exact) mass is 287 g/mol. The van der Waals surface area contributed by atoms with Crippen molar-refractivity contribution in [1.29, 1.82) is 0 Å². The summed E-state index contributed by atoms with van der Waals surface area (Å²) in [5.41, 5.74) is 2.82. The van der Waals surface area contributed by atoms with E-state index in [0.717, 1.165) is 13.0 Å². The highest BCUT2D eigenvalue weighted by atomic mass is 32.1. The van der Waals surface area contributed by atoms with Gasteiger partial charge in [-0.15, -0.1) is 11.3 Å². The maximum atomic E-state index is 3.68. The number of nitrogens with one attached hydrogen (secondary N) is 1. The topological polar surface area (TPSA) is 12.0 Å². The molecule has 0 aliphatic carbocycles. The van der Waals surface area contributed by atoms with Crippen LogP contribution in [0.3, 0.4) is 0 Å². The summed E-state index contributed by atoms with van der Waals surface area (Å²) in [7, 11) is 0. The van der Waals surface area contributed by atoms with Gasteiger partial charge in [-0.25, -0.2) is 0 Å². The van der Waals surface area contributed by atoms with Crippen LogP contribution < -0.4 is 5.32 Å². The summed E-state index contributed by atoms with van der Waals surface area (Å²) < 4.78 is 0. The molecule has 20 heavy (non-hydrogen) atoms. The fourth-order valence-electron chi connectivity index (χ4n) is 2.37. The molecule has 0 spiro atoms. The van der Waals surface area contributed by atoms with E-state index in [-0.39, 0.29) is 0 Å². The predicted octanol–water partition coefficient (Wildman–Crippen LogP) is 5.15. The molecule has 0 fully saturated rings. The Kier molecular flexibility index (Phi) is 5.81. The second-order valence-electron chi connectivity index (χ2n) is 5.61. The highest BCUT2D eigenvalue weighted by Crippen LogP contribution is 2.23. The van der Waals surface area contributed by atoms with E-state index in [4.69, 9.17) is 0 Å². The van der Waals surface area contributed by atoms with Crippen molar-refractivity contribution in [3.05, 3.63) is 57.8 Å². The molecule has 0 saturated heterocycles. The molecule has 0 radical (unpaired) electrons. The Hall–Kier alpha value is -1.12. The van der Waals surface area contributed by atoms with E-state index < -0.39 is 0 Å². The van der Waals surface area contributed by atoms with E-state index in [9.17, 15) is 0 Å². The minimum Gasteiger partial charge on any atom is -0.310 e. The van der Waals surface area contributed by atoms with Gasteiger partial charge in [-0.2, -0.15) is 0 Å². The Morgan fingerprint density at radius 3 is 2.30 bits per heavy atom. The molecule has 0 aliphatic heterocycles. The van der Waals surface area contributed by atoms with Gasteiger partial charge in [-0.3, -0.25) is 0 Å². The van der Waals surface area contributed by atoms with Gasteiger partial charge in [0, 0.05) is 17.3 Å². The fourth-order valence-corrected chi connectivity index (χ4v) is 3.12. The Balaban J connectivity index is 2.12. The van der Waals surface area contributed by atoms with Gasteiger partial charge in [0.2, 0.25) is 0 Å². The largest absolute Gasteiger partial charge is 0.310 e. The first-order valence-electron chi connectivity index (χ1n) is 7.56. The molecule has 2 aromatic rings. The van der Waals surface area contributed by atoms with E-state index in [1.165, 1.54) is 22.4 Å². The van der Waals surface area contributed by atoms with Gasteiger partial charge in [0.25, 0.3) is 0 Å². The smallest absolute Gasteiger partial charge is 0.0368 e. The highest BCUT2D eigenvalue weighted by Gasteiger charge is 2.12. The summed E-state index contributed by atoms with van der Waals surface area (Å²) in [4.78, 5) is 1.45. The Labute approximate surface area is 127 Å². The number of hydrogen-bond donors (Lipinski definition) is 1. The normalized spacial score (nSPS) is 12.8. The van der Waals surface area contributed by atoms with Crippen molar-refractivity contribution in [3.8, 4) is 0 Å². The molecule has 2 heteroatoms. The van der Waals surface area contributed by atoms with Crippen molar-refractivity contribution in [1.82, 2.24) is 5.32 Å². The number of benzene rings is 1. The molecule has 1 unspecified atom stereocenters. The number of thiophene rings is 1. The molecule has 0 amide bonds. The van der Waals surface area contributed by atoms with Crippen LogP contribution in [0.2, 0.25) is 0 Å². The van der Waals surface area contributed by atoms with Crippen molar-refractivity contribution in [3.63, 3.8) is 0 Å². The lowest BCUT2D eigenvalue weighted by Crippen LogP contribution is -2.23. The van der Waals surface area contributed by atoms with Gasteiger partial charge in [0.1, 0.15) is 0 Å². The van der Waals surface area contributed by atoms with Gasteiger partial charge < -0.3 is 5.32 Å². The molecule has 1 aromatic carbocycles. The molecular formula is C18H25NS. The van der Waals surface area contributed by atoms with E-state index in [1.807, 2.05) is 11.3 Å². The first-order valence-corrected chi connectivity index (χ1v) is 8.44. The van der Waals surface area contributed by atoms with E-state index in [1.54, 1.807) is 0 Å². The molecule has 0 aliphatic rings. The lowest BCUT2D eigenvalue weighted by molar-refractivity contribution is 0.532. The van der Waals surface area contributed by atoms with E-state index in [0.29, 0.717) is 12.0 Å². The zero-order valence-electron chi connectivity index (χ0n) is 12.7. The van der Waals surface area contributed by atoms with Crippen LogP contribution in [0, 0.1) is 0 Å². The van der Waals surface area contributed by atoms with Crippen molar-refractivity contribution < 1.29 is 0 Å². The van der Waals surface area contributed by atoms with Crippen LogP contribution in [0.25, 0.3) is 0 Å². The molecule has 1 N–H and O–H groups in total. The van der Waals surface area contributed by atoms with Crippen LogP contribution >= 0.6 is 11.3 Å². The molecule has 1 nitrogen and oxygen atoms in total. The third kappa shape index (κ3) is 4.19. The molecule has 1 heterocycles. The zero-order chi connectivity index (χ0) is 14.4. The molecule has 108 valence electrons. The first-order chi connectivity index (χ1) is 9.70. The van der Waals surface area contributed by atoms with Crippen LogP contribution in [-0.2, 0) is 6.42 Å². The van der Waals surface area contributed by atoms with E-state index >= 15 is 0 Å². The highest BCUT2D eigenvalue weighted by molar-refractivity contribution is 7.09. The zero-order valence-corrected chi connectivity index (χ0v) is 13.5. The van der Waals surface area contributed by atoms with Crippen LogP contribution in [0.15, 0.2) is 41.8 Å². The van der Waals surface area contributed by atoms with Crippen LogP contribution in [0.4, 0.5) is 0 Å². The standard InChI is InChI=1S/C18H25NS/c1-4-11-19-18(13-17-6-5-12-20-17)16-9-7-15(8-10-16)14(2)3/h5-10,12,14,18-19H,4,11,13H2,1-3H3. The lowest BCUT2D eigenvalue weighted by atomic mass is 9.97. The summed E-state index contributed by atoms with van der Waals surface area (Å²) in [5, 5.41) is 5.84. The minimum absolute atomic E-state index is 0.426. The lowest BCUT2D eigenvalue weighted by Gasteiger charge is -2.19. The van der Waals surface area contributed by atoms with Gasteiger partial charge in [0.15, 0.2) is 0 Å². The Morgan fingerprint density at radius 1 is 1.05 bits per heavy atom. The van der Waals surface area contributed by atoms with Crippen molar-refractivity contribution in [2.24, 2.45) is 0 Å². The first kappa shape index (κ1) is 15.3. The van der Waals surface area contributed by atoms with Gasteiger partial charge in [0.05, 0.1) is 0 Å². The van der Waals surface area contributed by atoms with Crippen LogP contribution in [0.5, 0.6) is 0 Å². The predicted molar refractivity (Wildman–Crippen MR) is 89.6 cm³/mol. The summed E-state index contributed by atoms with van der Waals surface area (Å²) in [6, 6.07) is 13.9. The SMILES string of the molecule is CCCNC(Cc1cccs1)c1ccc(C(C)C)cc1. The maximum absolute atomic E-state index is 3.68. The van der Waals surface area contributed by atoms with Gasteiger partial charge in [-0.05, 0) is 41.5 Å². The number of rotatable bonds is 7. The van der Waals surface area contributed by atoms with Crippen LogP contribution in [-0.4, -0.2) is 6.54 Å². The average Bonchev–Trinajstić information content (AvgIpc) is 2.96. The Bertz CT molecular complexity index is 485. The summed E-state index contributed by atoms with van der Waals surface area (Å²) in [6.45, 7) is 7.78. The molecule has 1 atom stereocenters. The molecule has 1 aromatic heterocycles. The molecule has 0 bridgehead atoms. The van der Waals surface area contributed by atoms with Crippen molar-refractivity contribution in [2.45, 2.75) is 45.6 Å². The Morgan fingerprint density at radius 2 is 1.75 bits per heavy atom. The van der Waals surface area contributed by atoms with Crippen molar-refractivity contribution >= 4 is 11.3 Å². The summed E-state index contributed by atoms with van der Waals surface area (Å²) in [5.74, 6) is 0.600. The van der Waals surface area contributed by atoms with E-state index in [2.05, 4.69) is 67.9 Å². The molecule has 0 saturated carbocycles. The second kappa shape index (κ2) is 7.61. The number of hydrogen-bond acceptors (Lipinski definition) is 2. The maximum Gasteiger partial charge on any atom is 0.0368 e. The third-order valence-electron chi connectivity index (χ3n) is 3.63. The van der Waals surface area contributed by atoms with Gasteiger partial charge in [-0.1, -0.05) is 51.1 Å². The third-order valence-corrected chi connectivity index (χ3v) is 4.53. The molecule has 2 rings (SSSR count). The second-order valence-corrected chi connectivity index (χ2v) is 6.64. The summed E-state index contributed by atoms with van der Waals surface area (Å²) >= 11 is 1.85. The molecular weight excluding hydrogens is 262 g/mol.